The molecule has 0 aliphatic rings. The van der Waals surface area contributed by atoms with Gasteiger partial charge in [-0.05, 0) is 19.8 Å². The van der Waals surface area contributed by atoms with Gasteiger partial charge in [0.2, 0.25) is 5.91 Å². The van der Waals surface area contributed by atoms with Crippen LogP contribution in [0.5, 0.6) is 0 Å². The van der Waals surface area contributed by atoms with Crippen molar-refractivity contribution >= 4 is 5.91 Å². The van der Waals surface area contributed by atoms with Crippen LogP contribution in [0.25, 0.3) is 0 Å². The lowest BCUT2D eigenvalue weighted by Gasteiger charge is -2.31. The molecule has 2 unspecified atom stereocenters. The van der Waals surface area contributed by atoms with Crippen molar-refractivity contribution in [3.05, 3.63) is 0 Å². The zero-order valence-electron chi connectivity index (χ0n) is 11.2. The Kier molecular flexibility index (Phi) is 7.34. The molecule has 0 radical (unpaired) electrons. The molecular formula is C12H26N2O2. The molecule has 0 saturated carbocycles. The Morgan fingerprint density at radius 1 is 1.38 bits per heavy atom. The van der Waals surface area contributed by atoms with E-state index in [1.54, 1.807) is 12.0 Å². The summed E-state index contributed by atoms with van der Waals surface area (Å²) in [6.45, 7) is 9.21. The summed E-state index contributed by atoms with van der Waals surface area (Å²) in [5.74, 6) is 0.248. The predicted molar refractivity (Wildman–Crippen MR) is 66.2 cm³/mol. The molecular weight excluding hydrogens is 204 g/mol. The number of ether oxygens (including phenoxy) is 1. The molecule has 0 fully saturated rings. The first-order valence-corrected chi connectivity index (χ1v) is 6.00. The first-order valence-electron chi connectivity index (χ1n) is 6.00. The smallest absolute Gasteiger partial charge is 0.240 e. The van der Waals surface area contributed by atoms with Crippen molar-refractivity contribution < 1.29 is 9.53 Å². The largest absolute Gasteiger partial charge is 0.383 e. The number of rotatable bonds is 7. The molecule has 0 spiro atoms. The summed E-state index contributed by atoms with van der Waals surface area (Å²) >= 11 is 0. The zero-order chi connectivity index (χ0) is 12.7. The second kappa shape index (κ2) is 7.63. The van der Waals surface area contributed by atoms with Crippen molar-refractivity contribution in [3.63, 3.8) is 0 Å². The lowest BCUT2D eigenvalue weighted by molar-refractivity contribution is -0.136. The van der Waals surface area contributed by atoms with Crippen LogP contribution in [0.2, 0.25) is 0 Å². The van der Waals surface area contributed by atoms with Crippen LogP contribution in [0.3, 0.4) is 0 Å². The van der Waals surface area contributed by atoms with Crippen LogP contribution in [0.4, 0.5) is 0 Å². The fourth-order valence-corrected chi connectivity index (χ4v) is 1.50. The normalized spacial score (nSPS) is 14.9. The van der Waals surface area contributed by atoms with Gasteiger partial charge in [-0.1, -0.05) is 20.3 Å². The highest BCUT2D eigenvalue weighted by Crippen LogP contribution is 2.10. The van der Waals surface area contributed by atoms with E-state index in [1.807, 2.05) is 27.7 Å². The van der Waals surface area contributed by atoms with Gasteiger partial charge in [0.05, 0.1) is 12.6 Å². The Balaban J connectivity index is 4.48. The van der Waals surface area contributed by atoms with E-state index in [0.717, 1.165) is 6.42 Å². The van der Waals surface area contributed by atoms with Crippen molar-refractivity contribution in [1.82, 2.24) is 4.90 Å². The molecule has 2 atom stereocenters. The molecule has 0 bridgehead atoms. The maximum Gasteiger partial charge on any atom is 0.240 e. The van der Waals surface area contributed by atoms with Gasteiger partial charge in [0.15, 0.2) is 0 Å². The van der Waals surface area contributed by atoms with E-state index in [2.05, 4.69) is 0 Å². The van der Waals surface area contributed by atoms with E-state index >= 15 is 0 Å². The van der Waals surface area contributed by atoms with Gasteiger partial charge in [0, 0.05) is 19.7 Å². The van der Waals surface area contributed by atoms with Crippen molar-refractivity contribution in [3.8, 4) is 0 Å². The molecule has 4 heteroatoms. The van der Waals surface area contributed by atoms with Crippen LogP contribution in [-0.2, 0) is 9.53 Å². The average molecular weight is 230 g/mol. The van der Waals surface area contributed by atoms with Crippen LogP contribution >= 0.6 is 0 Å². The minimum atomic E-state index is -0.399. The van der Waals surface area contributed by atoms with E-state index in [9.17, 15) is 4.79 Å². The van der Waals surface area contributed by atoms with E-state index in [0.29, 0.717) is 13.2 Å². The predicted octanol–water partition coefficient (Wildman–Crippen LogP) is 1.24. The maximum atomic E-state index is 12.1. The number of nitrogens with zero attached hydrogens (tertiary/aromatic N) is 1. The summed E-state index contributed by atoms with van der Waals surface area (Å²) < 4.78 is 5.00. The monoisotopic (exact) mass is 230 g/mol. The minimum Gasteiger partial charge on any atom is -0.383 e. The van der Waals surface area contributed by atoms with Gasteiger partial charge in [0.1, 0.15) is 0 Å². The van der Waals surface area contributed by atoms with Crippen LogP contribution in [0.1, 0.15) is 34.1 Å². The van der Waals surface area contributed by atoms with Crippen molar-refractivity contribution in [2.45, 2.75) is 46.2 Å². The fraction of sp³-hybridized carbons (Fsp3) is 0.917. The number of carbonyl (C=O) groups is 1. The Morgan fingerprint density at radius 2 is 1.94 bits per heavy atom. The summed E-state index contributed by atoms with van der Waals surface area (Å²) in [7, 11) is 1.64. The third-order valence-corrected chi connectivity index (χ3v) is 2.98. The lowest BCUT2D eigenvalue weighted by Crippen LogP contribution is -2.50. The third kappa shape index (κ3) is 4.49. The van der Waals surface area contributed by atoms with Crippen molar-refractivity contribution in [2.24, 2.45) is 11.7 Å². The van der Waals surface area contributed by atoms with Gasteiger partial charge in [-0.2, -0.15) is 0 Å². The van der Waals surface area contributed by atoms with Gasteiger partial charge >= 0.3 is 0 Å². The Hall–Kier alpha value is -0.610. The number of nitrogens with two attached hydrogens (primary N) is 1. The molecule has 0 aromatic carbocycles. The number of methoxy groups -OCH3 is 1. The summed E-state index contributed by atoms with van der Waals surface area (Å²) in [5.41, 5.74) is 5.95. The van der Waals surface area contributed by atoms with E-state index in [4.69, 9.17) is 10.5 Å². The summed E-state index contributed by atoms with van der Waals surface area (Å²) in [4.78, 5) is 13.9. The molecule has 0 rings (SSSR count). The molecule has 0 heterocycles. The standard InChI is InChI=1S/C12H26N2O2/c1-6-10(4)11(13)12(15)14(9(2)3)7-8-16-5/h9-11H,6-8,13H2,1-5H3. The summed E-state index contributed by atoms with van der Waals surface area (Å²) in [5, 5.41) is 0. The number of amides is 1. The molecule has 16 heavy (non-hydrogen) atoms. The minimum absolute atomic E-state index is 0.0291. The van der Waals surface area contributed by atoms with Crippen molar-refractivity contribution in [1.29, 1.82) is 0 Å². The summed E-state index contributed by atoms with van der Waals surface area (Å²) in [6, 6.07) is -0.234. The Morgan fingerprint density at radius 3 is 2.31 bits per heavy atom. The zero-order valence-corrected chi connectivity index (χ0v) is 11.2. The van der Waals surface area contributed by atoms with Gasteiger partial charge in [-0.3, -0.25) is 4.79 Å². The summed E-state index contributed by atoms with van der Waals surface area (Å²) in [6.07, 6.45) is 0.920. The molecule has 2 N–H and O–H groups in total. The Labute approximate surface area is 99.1 Å². The molecule has 4 nitrogen and oxygen atoms in total. The second-order valence-electron chi connectivity index (χ2n) is 4.53. The second-order valence-corrected chi connectivity index (χ2v) is 4.53. The quantitative estimate of drug-likeness (QED) is 0.716. The molecule has 0 aliphatic heterocycles. The molecule has 96 valence electrons. The Bertz CT molecular complexity index is 207. The van der Waals surface area contributed by atoms with Crippen LogP contribution in [0.15, 0.2) is 0 Å². The molecule has 0 aromatic rings. The number of hydrogen-bond donors (Lipinski definition) is 1. The molecule has 0 aliphatic carbocycles. The first kappa shape index (κ1) is 15.4. The van der Waals surface area contributed by atoms with E-state index in [-0.39, 0.29) is 17.9 Å². The molecule has 0 aromatic heterocycles. The van der Waals surface area contributed by atoms with E-state index in [1.165, 1.54) is 0 Å². The molecule has 0 saturated heterocycles. The first-order chi connectivity index (χ1) is 7.45. The number of hydrogen-bond acceptors (Lipinski definition) is 3. The average Bonchev–Trinajstić information content (AvgIpc) is 2.26. The topological polar surface area (TPSA) is 55.6 Å². The number of carbonyl (C=O) groups excluding carboxylic acids is 1. The fourth-order valence-electron chi connectivity index (χ4n) is 1.50. The van der Waals surface area contributed by atoms with Gasteiger partial charge in [-0.15, -0.1) is 0 Å². The highest BCUT2D eigenvalue weighted by atomic mass is 16.5. The lowest BCUT2D eigenvalue weighted by atomic mass is 9.98. The van der Waals surface area contributed by atoms with E-state index < -0.39 is 6.04 Å². The van der Waals surface area contributed by atoms with Crippen molar-refractivity contribution in [2.75, 3.05) is 20.3 Å². The molecule has 1 amide bonds. The van der Waals surface area contributed by atoms with Gasteiger partial charge in [-0.25, -0.2) is 0 Å². The van der Waals surface area contributed by atoms with Crippen LogP contribution in [-0.4, -0.2) is 43.2 Å². The third-order valence-electron chi connectivity index (χ3n) is 2.98. The van der Waals surface area contributed by atoms with Gasteiger partial charge < -0.3 is 15.4 Å². The van der Waals surface area contributed by atoms with Gasteiger partial charge in [0.25, 0.3) is 0 Å². The SMILES string of the molecule is CCC(C)C(N)C(=O)N(CCOC)C(C)C. The van der Waals surface area contributed by atoms with Crippen LogP contribution < -0.4 is 5.73 Å². The highest BCUT2D eigenvalue weighted by molar-refractivity contribution is 5.82. The van der Waals surface area contributed by atoms with Crippen LogP contribution in [0, 0.1) is 5.92 Å². The highest BCUT2D eigenvalue weighted by Gasteiger charge is 2.26. The maximum absolute atomic E-state index is 12.1.